The topological polar surface area (TPSA) is 49.4 Å². The molecule has 4 rings (SSSR count). The highest BCUT2D eigenvalue weighted by atomic mass is 32.1. The number of nitrogens with one attached hydrogen (secondary N) is 1. The highest BCUT2D eigenvalue weighted by Gasteiger charge is 2.20. The molecule has 0 atom stereocenters. The first-order chi connectivity index (χ1) is 14.6. The van der Waals surface area contributed by atoms with Crippen LogP contribution in [-0.4, -0.2) is 23.3 Å². The largest absolute Gasteiger partial charge is 0.334 e. The molecule has 2 aromatic carbocycles. The van der Waals surface area contributed by atoms with E-state index in [0.29, 0.717) is 24.3 Å². The number of hydrogen-bond donors (Lipinski definition) is 1. The molecule has 0 bridgehead atoms. The van der Waals surface area contributed by atoms with Gasteiger partial charge in [-0.05, 0) is 58.8 Å². The zero-order valence-electron chi connectivity index (χ0n) is 16.3. The molecular weight excluding hydrogens is 399 g/mol. The summed E-state index contributed by atoms with van der Waals surface area (Å²) in [6.45, 7) is 1.17. The van der Waals surface area contributed by atoms with E-state index in [-0.39, 0.29) is 24.1 Å². The lowest BCUT2D eigenvalue weighted by Crippen LogP contribution is -2.34. The van der Waals surface area contributed by atoms with Crippen LogP contribution in [0.25, 0.3) is 6.08 Å². The van der Waals surface area contributed by atoms with Gasteiger partial charge in [-0.15, -0.1) is 11.3 Å². The number of nitrogens with zero attached hydrogens (tertiary/aromatic N) is 1. The molecule has 0 saturated carbocycles. The molecule has 0 spiro atoms. The van der Waals surface area contributed by atoms with Gasteiger partial charge in [-0.3, -0.25) is 9.59 Å². The number of halogens is 1. The van der Waals surface area contributed by atoms with E-state index in [1.165, 1.54) is 11.6 Å². The fraction of sp³-hybridized carbons (Fsp3) is 0.167. The van der Waals surface area contributed by atoms with E-state index < -0.39 is 0 Å². The second kappa shape index (κ2) is 9.05. The maximum absolute atomic E-state index is 13.8. The predicted octanol–water partition coefficient (Wildman–Crippen LogP) is 4.67. The van der Waals surface area contributed by atoms with Crippen LogP contribution in [0.1, 0.15) is 21.6 Å². The van der Waals surface area contributed by atoms with Gasteiger partial charge in [0, 0.05) is 29.7 Å². The van der Waals surface area contributed by atoms with Gasteiger partial charge in [-0.1, -0.05) is 30.3 Å². The SMILES string of the molecule is O=C(Cc1ccccc1F)Nc1ccc2c(c1)CN(C(=O)C=Cc1cccs1)CC2. The van der Waals surface area contributed by atoms with Crippen LogP contribution in [0.4, 0.5) is 10.1 Å². The van der Waals surface area contributed by atoms with Gasteiger partial charge in [-0.2, -0.15) is 0 Å². The molecule has 6 heteroatoms. The van der Waals surface area contributed by atoms with Crippen molar-refractivity contribution in [2.24, 2.45) is 0 Å². The van der Waals surface area contributed by atoms with Gasteiger partial charge in [0.1, 0.15) is 5.82 Å². The molecule has 1 aliphatic rings. The highest BCUT2D eigenvalue weighted by Crippen LogP contribution is 2.23. The van der Waals surface area contributed by atoms with Crippen molar-refractivity contribution in [3.63, 3.8) is 0 Å². The number of benzene rings is 2. The number of thiophene rings is 1. The van der Waals surface area contributed by atoms with Gasteiger partial charge in [0.15, 0.2) is 0 Å². The summed E-state index contributed by atoms with van der Waals surface area (Å²) >= 11 is 1.59. The maximum Gasteiger partial charge on any atom is 0.246 e. The lowest BCUT2D eigenvalue weighted by atomic mass is 9.99. The second-order valence-corrected chi connectivity index (χ2v) is 8.14. The second-order valence-electron chi connectivity index (χ2n) is 7.16. The molecule has 1 aromatic heterocycles. The number of anilines is 1. The lowest BCUT2D eigenvalue weighted by molar-refractivity contribution is -0.126. The molecule has 1 N–H and O–H groups in total. The van der Waals surface area contributed by atoms with E-state index in [2.05, 4.69) is 5.32 Å². The van der Waals surface area contributed by atoms with Crippen molar-refractivity contribution in [3.8, 4) is 0 Å². The van der Waals surface area contributed by atoms with Crippen molar-refractivity contribution in [1.82, 2.24) is 4.90 Å². The normalized spacial score (nSPS) is 13.3. The number of amides is 2. The summed E-state index contributed by atoms with van der Waals surface area (Å²) < 4.78 is 13.8. The van der Waals surface area contributed by atoms with Crippen LogP contribution in [0.3, 0.4) is 0 Å². The molecule has 4 nitrogen and oxygen atoms in total. The van der Waals surface area contributed by atoms with E-state index in [9.17, 15) is 14.0 Å². The molecule has 2 heterocycles. The Bertz CT molecular complexity index is 1090. The first-order valence-electron chi connectivity index (χ1n) is 9.74. The summed E-state index contributed by atoms with van der Waals surface area (Å²) in [6.07, 6.45) is 4.19. The Hall–Kier alpha value is -3.25. The molecule has 152 valence electrons. The van der Waals surface area contributed by atoms with Crippen LogP contribution in [0.15, 0.2) is 66.1 Å². The summed E-state index contributed by atoms with van der Waals surface area (Å²) in [4.78, 5) is 27.7. The average Bonchev–Trinajstić information content (AvgIpc) is 3.27. The van der Waals surface area contributed by atoms with Crippen molar-refractivity contribution in [1.29, 1.82) is 0 Å². The first-order valence-corrected chi connectivity index (χ1v) is 10.6. The summed E-state index contributed by atoms with van der Waals surface area (Å²) in [6, 6.07) is 15.9. The minimum absolute atomic E-state index is 0.0250. The van der Waals surface area contributed by atoms with Crippen LogP contribution >= 0.6 is 11.3 Å². The molecule has 30 heavy (non-hydrogen) atoms. The monoisotopic (exact) mass is 420 g/mol. The lowest BCUT2D eigenvalue weighted by Gasteiger charge is -2.28. The summed E-state index contributed by atoms with van der Waals surface area (Å²) in [7, 11) is 0. The van der Waals surface area contributed by atoms with Crippen molar-refractivity contribution >= 4 is 34.9 Å². The number of carbonyl (C=O) groups excluding carboxylic acids is 2. The van der Waals surface area contributed by atoms with Crippen LogP contribution < -0.4 is 5.32 Å². The van der Waals surface area contributed by atoms with Gasteiger partial charge >= 0.3 is 0 Å². The maximum atomic E-state index is 13.8. The number of carbonyl (C=O) groups is 2. The van der Waals surface area contributed by atoms with Crippen LogP contribution in [0.5, 0.6) is 0 Å². The van der Waals surface area contributed by atoms with Crippen molar-refractivity contribution in [2.75, 3.05) is 11.9 Å². The van der Waals surface area contributed by atoms with Gasteiger partial charge in [0.25, 0.3) is 0 Å². The molecule has 1 aliphatic heterocycles. The Morgan fingerprint density at radius 1 is 1.10 bits per heavy atom. The van der Waals surface area contributed by atoms with Gasteiger partial charge in [0.2, 0.25) is 11.8 Å². The Labute approximate surface area is 178 Å². The molecule has 0 saturated heterocycles. The summed E-state index contributed by atoms with van der Waals surface area (Å²) in [5, 5.41) is 4.81. The van der Waals surface area contributed by atoms with Crippen LogP contribution in [-0.2, 0) is 29.0 Å². The minimum atomic E-state index is -0.386. The average molecular weight is 421 g/mol. The predicted molar refractivity (Wildman–Crippen MR) is 118 cm³/mol. The van der Waals surface area contributed by atoms with Crippen LogP contribution in [0, 0.1) is 5.82 Å². The van der Waals surface area contributed by atoms with Crippen LogP contribution in [0.2, 0.25) is 0 Å². The van der Waals surface area contributed by atoms with E-state index >= 15 is 0 Å². The van der Waals surface area contributed by atoms with Crippen molar-refractivity contribution < 1.29 is 14.0 Å². The van der Waals surface area contributed by atoms with E-state index in [4.69, 9.17) is 0 Å². The van der Waals surface area contributed by atoms with E-state index in [0.717, 1.165) is 16.9 Å². The summed E-state index contributed by atoms with van der Waals surface area (Å²) in [5.41, 5.74) is 3.21. The minimum Gasteiger partial charge on any atom is -0.334 e. The molecule has 0 aliphatic carbocycles. The summed E-state index contributed by atoms with van der Waals surface area (Å²) in [5.74, 6) is -0.687. The zero-order chi connectivity index (χ0) is 20.9. The number of hydrogen-bond acceptors (Lipinski definition) is 3. The molecule has 3 aromatic rings. The Morgan fingerprint density at radius 3 is 2.77 bits per heavy atom. The molecule has 0 fully saturated rings. The molecule has 0 unspecified atom stereocenters. The number of fused-ring (bicyclic) bond motifs is 1. The third-order valence-corrected chi connectivity index (χ3v) is 5.89. The van der Waals surface area contributed by atoms with Gasteiger partial charge in [-0.25, -0.2) is 4.39 Å². The third kappa shape index (κ3) is 4.83. The Balaban J connectivity index is 1.41. The van der Waals surface area contributed by atoms with Gasteiger partial charge in [0.05, 0.1) is 6.42 Å². The third-order valence-electron chi connectivity index (χ3n) is 5.06. The zero-order valence-corrected chi connectivity index (χ0v) is 17.1. The van der Waals surface area contributed by atoms with Gasteiger partial charge < -0.3 is 10.2 Å². The fourth-order valence-corrected chi connectivity index (χ4v) is 4.11. The van der Waals surface area contributed by atoms with Crippen molar-refractivity contribution in [2.45, 2.75) is 19.4 Å². The molecule has 0 radical (unpaired) electrons. The Morgan fingerprint density at radius 2 is 1.97 bits per heavy atom. The van der Waals surface area contributed by atoms with Crippen molar-refractivity contribution in [3.05, 3.63) is 93.4 Å². The quantitative estimate of drug-likeness (QED) is 0.610. The molecule has 2 amide bonds. The smallest absolute Gasteiger partial charge is 0.246 e. The highest BCUT2D eigenvalue weighted by molar-refractivity contribution is 7.10. The number of rotatable bonds is 5. The fourth-order valence-electron chi connectivity index (χ4n) is 3.49. The van der Waals surface area contributed by atoms with E-state index in [1.54, 1.807) is 40.5 Å². The Kier molecular flexibility index (Phi) is 6.05. The van der Waals surface area contributed by atoms with E-state index in [1.807, 2.05) is 41.8 Å². The first kappa shape index (κ1) is 20.0. The standard InChI is InChI=1S/C24H21FN2O2S/c25-22-6-2-1-4-18(22)15-23(28)26-20-8-7-17-11-12-27(16-19(17)14-20)24(29)10-9-21-5-3-13-30-21/h1-10,13-14H,11-12,15-16H2,(H,26,28). The molecular formula is C24H21FN2O2S.